The number of carbonyl (C=O) groups excluding carboxylic acids is 1. The molecule has 102 valence electrons. The highest BCUT2D eigenvalue weighted by Gasteiger charge is 2.48. The molecule has 1 aliphatic carbocycles. The second-order valence-corrected chi connectivity index (χ2v) is 6.28. The van der Waals surface area contributed by atoms with E-state index in [0.29, 0.717) is 12.0 Å². The SMILES string of the molecule is CC1CCCC1(CC(=O)c1ccc(Br)cc1)C(=O)O. The van der Waals surface area contributed by atoms with Gasteiger partial charge < -0.3 is 5.11 Å². The molecule has 0 spiro atoms. The summed E-state index contributed by atoms with van der Waals surface area (Å²) in [7, 11) is 0. The number of Topliss-reactive ketones (excluding diaryl/α,β-unsaturated/α-hetero) is 1. The molecule has 0 aliphatic heterocycles. The van der Waals surface area contributed by atoms with Gasteiger partial charge in [-0.25, -0.2) is 0 Å². The predicted molar refractivity (Wildman–Crippen MR) is 76.2 cm³/mol. The molecule has 2 rings (SSSR count). The van der Waals surface area contributed by atoms with Gasteiger partial charge in [0.05, 0.1) is 5.41 Å². The van der Waals surface area contributed by atoms with Gasteiger partial charge in [0, 0.05) is 16.5 Å². The molecule has 0 radical (unpaired) electrons. The number of carboxylic acid groups (broad SMARTS) is 1. The van der Waals surface area contributed by atoms with Crippen molar-refractivity contribution in [2.75, 3.05) is 0 Å². The van der Waals surface area contributed by atoms with Crippen molar-refractivity contribution in [2.45, 2.75) is 32.6 Å². The summed E-state index contributed by atoms with van der Waals surface area (Å²) >= 11 is 3.32. The van der Waals surface area contributed by atoms with Crippen LogP contribution in [0.2, 0.25) is 0 Å². The lowest BCUT2D eigenvalue weighted by Gasteiger charge is -2.28. The van der Waals surface area contributed by atoms with E-state index in [1.165, 1.54) is 0 Å². The molecular formula is C15H17BrO3. The van der Waals surface area contributed by atoms with E-state index >= 15 is 0 Å². The fourth-order valence-corrected chi connectivity index (χ4v) is 3.19. The zero-order valence-electron chi connectivity index (χ0n) is 10.9. The van der Waals surface area contributed by atoms with E-state index in [9.17, 15) is 14.7 Å². The van der Waals surface area contributed by atoms with Crippen LogP contribution in [0.15, 0.2) is 28.7 Å². The van der Waals surface area contributed by atoms with Gasteiger partial charge in [0.1, 0.15) is 0 Å². The molecule has 1 N–H and O–H groups in total. The van der Waals surface area contributed by atoms with Crippen LogP contribution < -0.4 is 0 Å². The maximum absolute atomic E-state index is 12.3. The van der Waals surface area contributed by atoms with Crippen LogP contribution in [-0.4, -0.2) is 16.9 Å². The third-order valence-electron chi connectivity index (χ3n) is 4.27. The Morgan fingerprint density at radius 2 is 2.00 bits per heavy atom. The summed E-state index contributed by atoms with van der Waals surface area (Å²) in [4.78, 5) is 23.9. The Kier molecular flexibility index (Phi) is 4.09. The molecule has 19 heavy (non-hydrogen) atoms. The van der Waals surface area contributed by atoms with Crippen LogP contribution in [0, 0.1) is 11.3 Å². The van der Waals surface area contributed by atoms with Gasteiger partial charge in [0.25, 0.3) is 0 Å². The maximum Gasteiger partial charge on any atom is 0.310 e. The number of hydrogen-bond donors (Lipinski definition) is 1. The standard InChI is InChI=1S/C15H17BrO3/c1-10-3-2-8-15(10,14(18)19)9-13(17)11-4-6-12(16)7-5-11/h4-7,10H,2-3,8-9H2,1H3,(H,18,19). The number of carbonyl (C=O) groups is 2. The molecule has 1 fully saturated rings. The Balaban J connectivity index is 2.21. The minimum Gasteiger partial charge on any atom is -0.481 e. The number of hydrogen-bond acceptors (Lipinski definition) is 2. The van der Waals surface area contributed by atoms with E-state index in [4.69, 9.17) is 0 Å². The number of ketones is 1. The lowest BCUT2D eigenvalue weighted by molar-refractivity contribution is -0.150. The van der Waals surface area contributed by atoms with Crippen LogP contribution >= 0.6 is 15.9 Å². The molecule has 0 amide bonds. The number of halogens is 1. The Morgan fingerprint density at radius 1 is 1.37 bits per heavy atom. The molecule has 4 heteroatoms. The maximum atomic E-state index is 12.3. The van der Waals surface area contributed by atoms with Crippen LogP contribution in [0.5, 0.6) is 0 Å². The highest BCUT2D eigenvalue weighted by Crippen LogP contribution is 2.46. The smallest absolute Gasteiger partial charge is 0.310 e. The first-order valence-electron chi connectivity index (χ1n) is 6.48. The normalized spacial score (nSPS) is 26.3. The molecule has 0 aromatic heterocycles. The molecule has 1 aromatic carbocycles. The number of benzene rings is 1. The van der Waals surface area contributed by atoms with Crippen LogP contribution in [0.25, 0.3) is 0 Å². The van der Waals surface area contributed by atoms with Crippen molar-refractivity contribution in [3.8, 4) is 0 Å². The predicted octanol–water partition coefficient (Wildman–Crippen LogP) is 3.91. The van der Waals surface area contributed by atoms with Crippen molar-refractivity contribution in [1.82, 2.24) is 0 Å². The zero-order valence-corrected chi connectivity index (χ0v) is 12.4. The van der Waals surface area contributed by atoms with E-state index in [2.05, 4.69) is 15.9 Å². The molecule has 0 saturated heterocycles. The van der Waals surface area contributed by atoms with Gasteiger partial charge in [-0.3, -0.25) is 9.59 Å². The van der Waals surface area contributed by atoms with E-state index in [1.54, 1.807) is 24.3 Å². The van der Waals surface area contributed by atoms with Crippen molar-refractivity contribution < 1.29 is 14.7 Å². The van der Waals surface area contributed by atoms with Crippen molar-refractivity contribution in [1.29, 1.82) is 0 Å². The lowest BCUT2D eigenvalue weighted by Crippen LogP contribution is -2.35. The van der Waals surface area contributed by atoms with E-state index in [-0.39, 0.29) is 18.1 Å². The largest absolute Gasteiger partial charge is 0.481 e. The lowest BCUT2D eigenvalue weighted by atomic mass is 9.74. The summed E-state index contributed by atoms with van der Waals surface area (Å²) in [6.45, 7) is 1.94. The van der Waals surface area contributed by atoms with E-state index in [0.717, 1.165) is 17.3 Å². The molecule has 0 bridgehead atoms. The summed E-state index contributed by atoms with van der Waals surface area (Å²) in [5, 5.41) is 9.51. The monoisotopic (exact) mass is 324 g/mol. The summed E-state index contributed by atoms with van der Waals surface area (Å²) in [5.74, 6) is -0.851. The first kappa shape index (κ1) is 14.3. The molecule has 1 aromatic rings. The minimum atomic E-state index is -0.871. The second-order valence-electron chi connectivity index (χ2n) is 5.36. The summed E-state index contributed by atoms with van der Waals surface area (Å²) in [6.07, 6.45) is 2.48. The number of aliphatic carboxylic acids is 1. The van der Waals surface area contributed by atoms with E-state index in [1.807, 2.05) is 6.92 Å². The third-order valence-corrected chi connectivity index (χ3v) is 4.80. The molecule has 0 heterocycles. The quantitative estimate of drug-likeness (QED) is 0.854. The highest BCUT2D eigenvalue weighted by atomic mass is 79.9. The Hall–Kier alpha value is -1.16. The Bertz CT molecular complexity index is 495. The molecule has 1 saturated carbocycles. The average molecular weight is 325 g/mol. The molecule has 2 unspecified atom stereocenters. The third kappa shape index (κ3) is 2.73. The number of rotatable bonds is 4. The summed E-state index contributed by atoms with van der Waals surface area (Å²) in [5.41, 5.74) is -0.285. The van der Waals surface area contributed by atoms with Crippen LogP contribution in [0.4, 0.5) is 0 Å². The first-order chi connectivity index (χ1) is 8.95. The highest BCUT2D eigenvalue weighted by molar-refractivity contribution is 9.10. The fourth-order valence-electron chi connectivity index (χ4n) is 2.93. The summed E-state index contributed by atoms with van der Waals surface area (Å²) < 4.78 is 0.909. The Morgan fingerprint density at radius 3 is 2.47 bits per heavy atom. The molecular weight excluding hydrogens is 308 g/mol. The van der Waals surface area contributed by atoms with Gasteiger partial charge in [0.2, 0.25) is 0 Å². The molecule has 1 aliphatic rings. The van der Waals surface area contributed by atoms with Gasteiger partial charge in [-0.05, 0) is 30.9 Å². The average Bonchev–Trinajstić information content (AvgIpc) is 2.73. The first-order valence-corrected chi connectivity index (χ1v) is 7.27. The van der Waals surface area contributed by atoms with Gasteiger partial charge in [0.15, 0.2) is 5.78 Å². The van der Waals surface area contributed by atoms with Crippen LogP contribution in [0.3, 0.4) is 0 Å². The topological polar surface area (TPSA) is 54.4 Å². The van der Waals surface area contributed by atoms with E-state index < -0.39 is 11.4 Å². The summed E-state index contributed by atoms with van der Waals surface area (Å²) in [6, 6.07) is 7.08. The second kappa shape index (κ2) is 5.45. The van der Waals surface area contributed by atoms with Gasteiger partial charge >= 0.3 is 5.97 Å². The zero-order chi connectivity index (χ0) is 14.0. The van der Waals surface area contributed by atoms with Gasteiger partial charge in [-0.15, -0.1) is 0 Å². The van der Waals surface area contributed by atoms with Crippen molar-refractivity contribution >= 4 is 27.7 Å². The van der Waals surface area contributed by atoms with Crippen molar-refractivity contribution in [3.05, 3.63) is 34.3 Å². The number of carboxylic acids is 1. The van der Waals surface area contributed by atoms with Crippen molar-refractivity contribution in [2.24, 2.45) is 11.3 Å². The van der Waals surface area contributed by atoms with Gasteiger partial charge in [-0.2, -0.15) is 0 Å². The van der Waals surface area contributed by atoms with Gasteiger partial charge in [-0.1, -0.05) is 41.4 Å². The minimum absolute atomic E-state index is 0.0596. The molecule has 2 atom stereocenters. The van der Waals surface area contributed by atoms with Crippen LogP contribution in [0.1, 0.15) is 43.0 Å². The molecule has 3 nitrogen and oxygen atoms in total. The Labute approximate surface area is 121 Å². The van der Waals surface area contributed by atoms with Crippen molar-refractivity contribution in [3.63, 3.8) is 0 Å². The fraction of sp³-hybridized carbons (Fsp3) is 0.467. The van der Waals surface area contributed by atoms with Crippen LogP contribution in [-0.2, 0) is 4.79 Å².